The third kappa shape index (κ3) is 5.22. The molecule has 0 aromatic heterocycles. The van der Waals surface area contributed by atoms with Gasteiger partial charge in [-0.1, -0.05) is 0 Å². The van der Waals surface area contributed by atoms with E-state index in [0.29, 0.717) is 19.5 Å². The molecular formula is C11H19F3N2O2. The Hall–Kier alpha value is -0.820. The molecule has 1 heterocycles. The zero-order valence-electron chi connectivity index (χ0n) is 10.2. The number of hydrogen-bond donors (Lipinski definition) is 1. The second kappa shape index (κ2) is 6.94. The number of carbonyl (C=O) groups excluding carboxylic acids is 1. The van der Waals surface area contributed by atoms with Crippen LogP contribution in [0, 0.1) is 0 Å². The van der Waals surface area contributed by atoms with Gasteiger partial charge in [0.05, 0.1) is 0 Å². The van der Waals surface area contributed by atoms with Crippen LogP contribution >= 0.6 is 0 Å². The van der Waals surface area contributed by atoms with Crippen LogP contribution in [0.15, 0.2) is 0 Å². The lowest BCUT2D eigenvalue weighted by atomic mass is 9.99. The molecule has 1 amide bonds. The largest absolute Gasteiger partial charge is 0.411 e. The number of amides is 1. The minimum atomic E-state index is -4.39. The average Bonchev–Trinajstić information content (AvgIpc) is 2.28. The third-order valence-electron chi connectivity index (χ3n) is 2.94. The molecule has 0 aliphatic carbocycles. The molecule has 0 spiro atoms. The summed E-state index contributed by atoms with van der Waals surface area (Å²) in [6.45, 7) is -0.842. The van der Waals surface area contributed by atoms with E-state index in [1.165, 1.54) is 0 Å². The number of nitrogens with two attached hydrogens (primary N) is 1. The van der Waals surface area contributed by atoms with Gasteiger partial charge >= 0.3 is 6.18 Å². The number of hydrogen-bond acceptors (Lipinski definition) is 3. The summed E-state index contributed by atoms with van der Waals surface area (Å²) in [5.41, 5.74) is 5.46. The monoisotopic (exact) mass is 268 g/mol. The van der Waals surface area contributed by atoms with Crippen molar-refractivity contribution in [1.82, 2.24) is 4.90 Å². The Morgan fingerprint density at radius 2 is 2.11 bits per heavy atom. The summed E-state index contributed by atoms with van der Waals surface area (Å²) in [7, 11) is 0. The zero-order valence-corrected chi connectivity index (χ0v) is 10.2. The molecule has 18 heavy (non-hydrogen) atoms. The van der Waals surface area contributed by atoms with E-state index in [1.807, 2.05) is 0 Å². The van der Waals surface area contributed by atoms with Gasteiger partial charge < -0.3 is 15.4 Å². The predicted molar refractivity (Wildman–Crippen MR) is 59.9 cm³/mol. The first-order valence-corrected chi connectivity index (χ1v) is 6.08. The highest BCUT2D eigenvalue weighted by atomic mass is 19.4. The minimum absolute atomic E-state index is 0.0470. The van der Waals surface area contributed by atoms with E-state index in [0.717, 1.165) is 19.3 Å². The Balaban J connectivity index is 2.38. The molecule has 1 saturated heterocycles. The van der Waals surface area contributed by atoms with Crippen LogP contribution in [0.4, 0.5) is 13.2 Å². The fourth-order valence-electron chi connectivity index (χ4n) is 2.16. The van der Waals surface area contributed by atoms with Crippen molar-refractivity contribution < 1.29 is 22.7 Å². The number of alkyl halides is 3. The highest BCUT2D eigenvalue weighted by Crippen LogP contribution is 2.20. The summed E-state index contributed by atoms with van der Waals surface area (Å²) in [5.74, 6) is -0.377. The van der Waals surface area contributed by atoms with Gasteiger partial charge in [-0.15, -0.1) is 0 Å². The Labute approximate surface area is 104 Å². The minimum Gasteiger partial charge on any atom is -0.362 e. The summed E-state index contributed by atoms with van der Waals surface area (Å²) >= 11 is 0. The van der Waals surface area contributed by atoms with Crippen LogP contribution in [-0.2, 0) is 9.53 Å². The van der Waals surface area contributed by atoms with Crippen molar-refractivity contribution in [2.24, 2.45) is 5.73 Å². The first-order chi connectivity index (χ1) is 8.44. The second-order valence-corrected chi connectivity index (χ2v) is 4.42. The third-order valence-corrected chi connectivity index (χ3v) is 2.94. The van der Waals surface area contributed by atoms with Gasteiger partial charge in [0.15, 0.2) is 0 Å². The van der Waals surface area contributed by atoms with Gasteiger partial charge in [0, 0.05) is 12.6 Å². The molecule has 0 aromatic rings. The molecule has 0 saturated carbocycles. The Bertz CT molecular complexity index is 270. The maximum atomic E-state index is 11.9. The van der Waals surface area contributed by atoms with Gasteiger partial charge in [-0.25, -0.2) is 0 Å². The average molecular weight is 268 g/mol. The number of nitrogens with zero attached hydrogens (tertiary/aromatic N) is 1. The van der Waals surface area contributed by atoms with Gasteiger partial charge in [0.1, 0.15) is 13.2 Å². The maximum Gasteiger partial charge on any atom is 0.411 e. The Morgan fingerprint density at radius 3 is 2.72 bits per heavy atom. The first-order valence-electron chi connectivity index (χ1n) is 6.08. The number of likely N-dealkylation sites (tertiary alicyclic amines) is 1. The molecule has 1 atom stereocenters. The van der Waals surface area contributed by atoms with Gasteiger partial charge in [0.25, 0.3) is 0 Å². The fraction of sp³-hybridized carbons (Fsp3) is 0.909. The number of rotatable bonds is 5. The van der Waals surface area contributed by atoms with E-state index < -0.39 is 19.4 Å². The number of halogens is 3. The van der Waals surface area contributed by atoms with Crippen LogP contribution in [0.25, 0.3) is 0 Å². The molecule has 106 valence electrons. The van der Waals surface area contributed by atoms with Crippen molar-refractivity contribution in [3.05, 3.63) is 0 Å². The van der Waals surface area contributed by atoms with Gasteiger partial charge in [0.2, 0.25) is 5.91 Å². The molecule has 1 unspecified atom stereocenters. The molecule has 0 bridgehead atoms. The van der Waals surface area contributed by atoms with Gasteiger partial charge in [-0.2, -0.15) is 13.2 Å². The quantitative estimate of drug-likeness (QED) is 0.817. The van der Waals surface area contributed by atoms with E-state index in [4.69, 9.17) is 5.73 Å². The summed E-state index contributed by atoms with van der Waals surface area (Å²) in [6.07, 6.45) is -0.935. The molecule has 0 aromatic carbocycles. The molecule has 0 radical (unpaired) electrons. The van der Waals surface area contributed by atoms with Gasteiger partial charge in [-0.05, 0) is 32.2 Å². The van der Waals surface area contributed by atoms with Crippen LogP contribution in [-0.4, -0.2) is 49.3 Å². The lowest BCUT2D eigenvalue weighted by molar-refractivity contribution is -0.178. The molecule has 1 aliphatic heterocycles. The maximum absolute atomic E-state index is 11.9. The van der Waals surface area contributed by atoms with Crippen molar-refractivity contribution in [3.63, 3.8) is 0 Å². The number of piperidine rings is 1. The van der Waals surface area contributed by atoms with Crippen LogP contribution in [0.2, 0.25) is 0 Å². The van der Waals surface area contributed by atoms with E-state index in [2.05, 4.69) is 4.74 Å². The van der Waals surface area contributed by atoms with Crippen LogP contribution in [0.3, 0.4) is 0 Å². The lowest BCUT2D eigenvalue weighted by Gasteiger charge is -2.35. The van der Waals surface area contributed by atoms with Crippen molar-refractivity contribution in [3.8, 4) is 0 Å². The van der Waals surface area contributed by atoms with Crippen molar-refractivity contribution in [2.45, 2.75) is 37.9 Å². The molecule has 2 N–H and O–H groups in total. The molecular weight excluding hydrogens is 249 g/mol. The Morgan fingerprint density at radius 1 is 1.39 bits per heavy atom. The van der Waals surface area contributed by atoms with E-state index >= 15 is 0 Å². The van der Waals surface area contributed by atoms with Crippen LogP contribution < -0.4 is 5.73 Å². The van der Waals surface area contributed by atoms with E-state index in [1.54, 1.807) is 4.90 Å². The highest BCUT2D eigenvalue weighted by Gasteiger charge is 2.30. The fourth-order valence-corrected chi connectivity index (χ4v) is 2.16. The highest BCUT2D eigenvalue weighted by molar-refractivity contribution is 5.77. The van der Waals surface area contributed by atoms with E-state index in [-0.39, 0.29) is 11.9 Å². The molecule has 1 aliphatic rings. The van der Waals surface area contributed by atoms with Crippen LogP contribution in [0.1, 0.15) is 25.7 Å². The molecule has 1 fully saturated rings. The smallest absolute Gasteiger partial charge is 0.362 e. The summed E-state index contributed by atoms with van der Waals surface area (Å²) in [5, 5.41) is 0. The topological polar surface area (TPSA) is 55.6 Å². The molecule has 1 rings (SSSR count). The molecule has 4 nitrogen and oxygen atoms in total. The number of ether oxygens (including phenoxy) is 1. The first kappa shape index (κ1) is 15.2. The van der Waals surface area contributed by atoms with Crippen molar-refractivity contribution in [1.29, 1.82) is 0 Å². The number of carbonyl (C=O) groups is 1. The lowest BCUT2D eigenvalue weighted by Crippen LogP contribution is -2.46. The Kier molecular flexibility index (Phi) is 5.87. The van der Waals surface area contributed by atoms with Crippen LogP contribution in [0.5, 0.6) is 0 Å². The second-order valence-electron chi connectivity index (χ2n) is 4.42. The van der Waals surface area contributed by atoms with Crippen molar-refractivity contribution >= 4 is 5.91 Å². The standard InChI is InChI=1S/C11H19F3N2O2/c12-11(13,14)8-18-7-10(17)16-6-2-1-3-9(16)4-5-15/h9H,1-8,15H2. The normalized spacial score (nSPS) is 21.1. The SMILES string of the molecule is NCCC1CCCCN1C(=O)COCC(F)(F)F. The summed E-state index contributed by atoms with van der Waals surface area (Å²) < 4.78 is 40.0. The predicted octanol–water partition coefficient (Wildman–Crippen LogP) is 1.30. The molecule has 7 heteroatoms. The van der Waals surface area contributed by atoms with E-state index in [9.17, 15) is 18.0 Å². The van der Waals surface area contributed by atoms with Crippen molar-refractivity contribution in [2.75, 3.05) is 26.3 Å². The van der Waals surface area contributed by atoms with Gasteiger partial charge in [-0.3, -0.25) is 4.79 Å². The summed E-state index contributed by atoms with van der Waals surface area (Å²) in [4.78, 5) is 13.4. The summed E-state index contributed by atoms with van der Waals surface area (Å²) in [6, 6.07) is 0.0470. The zero-order chi connectivity index (χ0) is 13.6.